The van der Waals surface area contributed by atoms with Gasteiger partial charge in [-0.2, -0.15) is 0 Å². The Balaban J connectivity index is 1.53. The number of anilines is 4. The standard InChI is InChI=1S/C25H20Cl2N7O5/c26-14-5-7-18(19(27)11-14)22-20(32-23(35)16-3-1-2-4-17(16)24(36)37)13-31-25(33-22)29-10-9-28-21-8-6-15(12-30-21)34(38)39/h1-8,11-13,38H,9-10H2,(H,28,30)(H,32,35)(H,36,37)(H,29,31,33)/q-1. The highest BCUT2D eigenvalue weighted by molar-refractivity contribution is 6.36. The maximum absolute atomic E-state index is 13.0. The predicted molar refractivity (Wildman–Crippen MR) is 148 cm³/mol. The van der Waals surface area contributed by atoms with Crippen LogP contribution in [0.15, 0.2) is 67.0 Å². The third-order valence-corrected chi connectivity index (χ3v) is 5.86. The summed E-state index contributed by atoms with van der Waals surface area (Å²) in [5.74, 6) is -1.19. The molecule has 0 aliphatic carbocycles. The number of hydrogen-bond acceptors (Lipinski definition) is 10. The van der Waals surface area contributed by atoms with E-state index >= 15 is 0 Å². The molecule has 12 nitrogen and oxygen atoms in total. The fourth-order valence-electron chi connectivity index (χ4n) is 3.47. The van der Waals surface area contributed by atoms with Crippen LogP contribution in [0.2, 0.25) is 10.0 Å². The Morgan fingerprint density at radius 3 is 2.36 bits per heavy atom. The van der Waals surface area contributed by atoms with Crippen LogP contribution >= 0.6 is 23.2 Å². The van der Waals surface area contributed by atoms with Crippen LogP contribution in [0.25, 0.3) is 11.3 Å². The molecule has 4 aromatic rings. The van der Waals surface area contributed by atoms with Crippen LogP contribution in [0.3, 0.4) is 0 Å². The molecule has 0 atom stereocenters. The molecule has 2 aromatic heterocycles. The monoisotopic (exact) mass is 568 g/mol. The summed E-state index contributed by atoms with van der Waals surface area (Å²) in [4.78, 5) is 37.4. The SMILES string of the molecule is O=C(O)c1ccccc1C(=O)Nc1cnc(NCCNc2ccc(N([O-])O)cn2)nc1-c1ccc(Cl)cc1Cl. The molecule has 0 saturated heterocycles. The van der Waals surface area contributed by atoms with E-state index in [2.05, 4.69) is 30.9 Å². The van der Waals surface area contributed by atoms with Gasteiger partial charge in [-0.25, -0.2) is 19.7 Å². The first-order chi connectivity index (χ1) is 18.7. The second-order valence-electron chi connectivity index (χ2n) is 7.91. The molecular formula is C25H20Cl2N7O5-. The second-order valence-corrected chi connectivity index (χ2v) is 8.76. The van der Waals surface area contributed by atoms with Crippen molar-refractivity contribution in [2.45, 2.75) is 0 Å². The molecule has 2 heterocycles. The number of rotatable bonds is 10. The Labute approximate surface area is 231 Å². The Morgan fingerprint density at radius 1 is 0.949 bits per heavy atom. The fourth-order valence-corrected chi connectivity index (χ4v) is 3.97. The Bertz CT molecular complexity index is 1500. The average Bonchev–Trinajstić information content (AvgIpc) is 2.92. The van der Waals surface area contributed by atoms with Crippen molar-refractivity contribution in [3.05, 3.63) is 93.4 Å². The molecule has 0 aliphatic rings. The summed E-state index contributed by atoms with van der Waals surface area (Å²) in [5.41, 5.74) is 0.764. The molecule has 0 aliphatic heterocycles. The quantitative estimate of drug-likeness (QED) is 0.128. The first-order valence-electron chi connectivity index (χ1n) is 11.3. The fraction of sp³-hybridized carbons (Fsp3) is 0.0800. The maximum Gasteiger partial charge on any atom is 0.336 e. The van der Waals surface area contributed by atoms with E-state index in [1.807, 2.05) is 0 Å². The van der Waals surface area contributed by atoms with Crippen LogP contribution in [0.1, 0.15) is 20.7 Å². The van der Waals surface area contributed by atoms with Gasteiger partial charge in [0.05, 0.1) is 39.9 Å². The lowest BCUT2D eigenvalue weighted by atomic mass is 10.1. The molecule has 2 aromatic carbocycles. The summed E-state index contributed by atoms with van der Waals surface area (Å²) >= 11 is 12.5. The van der Waals surface area contributed by atoms with Crippen molar-refractivity contribution in [1.82, 2.24) is 15.0 Å². The van der Waals surface area contributed by atoms with Gasteiger partial charge in [0.25, 0.3) is 5.91 Å². The van der Waals surface area contributed by atoms with Crippen molar-refractivity contribution in [3.8, 4) is 11.3 Å². The molecule has 0 radical (unpaired) electrons. The minimum atomic E-state index is -1.24. The van der Waals surface area contributed by atoms with Gasteiger partial charge in [-0.05, 0) is 42.5 Å². The Hall–Kier alpha value is -4.49. The van der Waals surface area contributed by atoms with Gasteiger partial charge in [-0.1, -0.05) is 35.3 Å². The maximum atomic E-state index is 13.0. The van der Waals surface area contributed by atoms with Crippen LogP contribution in [0.5, 0.6) is 0 Å². The topological polar surface area (TPSA) is 176 Å². The van der Waals surface area contributed by atoms with Crippen molar-refractivity contribution in [2.24, 2.45) is 0 Å². The van der Waals surface area contributed by atoms with Crippen molar-refractivity contribution in [1.29, 1.82) is 0 Å². The molecule has 0 fully saturated rings. The molecular weight excluding hydrogens is 549 g/mol. The number of pyridine rings is 1. The number of nitrogens with one attached hydrogen (secondary N) is 3. The van der Waals surface area contributed by atoms with E-state index in [4.69, 9.17) is 28.4 Å². The summed E-state index contributed by atoms with van der Waals surface area (Å²) in [6.07, 6.45) is 2.60. The molecule has 5 N–H and O–H groups in total. The van der Waals surface area contributed by atoms with E-state index in [1.54, 1.807) is 18.2 Å². The lowest BCUT2D eigenvalue weighted by molar-refractivity contribution is 0.0692. The number of nitrogens with zero attached hydrogens (tertiary/aromatic N) is 4. The molecule has 1 amide bonds. The number of carboxylic acid groups (broad SMARTS) is 1. The lowest BCUT2D eigenvalue weighted by Crippen LogP contribution is -2.19. The van der Waals surface area contributed by atoms with Gasteiger partial charge >= 0.3 is 5.97 Å². The van der Waals surface area contributed by atoms with Gasteiger partial charge in [-0.3, -0.25) is 10.0 Å². The van der Waals surface area contributed by atoms with E-state index in [9.17, 15) is 19.9 Å². The second kappa shape index (κ2) is 12.4. The Morgan fingerprint density at radius 2 is 1.69 bits per heavy atom. The number of halogens is 2. The molecule has 4 rings (SSSR count). The largest absolute Gasteiger partial charge is 0.733 e. The number of carboxylic acids is 1. The van der Waals surface area contributed by atoms with E-state index in [1.165, 1.54) is 48.8 Å². The van der Waals surface area contributed by atoms with Crippen LogP contribution in [0, 0.1) is 5.21 Å². The molecule has 39 heavy (non-hydrogen) atoms. The highest BCUT2D eigenvalue weighted by Crippen LogP contribution is 2.34. The zero-order chi connectivity index (χ0) is 27.9. The van der Waals surface area contributed by atoms with Crippen LogP contribution in [-0.2, 0) is 0 Å². The Kier molecular flexibility index (Phi) is 8.74. The smallest absolute Gasteiger partial charge is 0.336 e. The number of aromatic carboxylic acids is 1. The van der Waals surface area contributed by atoms with Gasteiger partial charge < -0.3 is 31.5 Å². The third-order valence-electron chi connectivity index (χ3n) is 5.31. The normalized spacial score (nSPS) is 10.6. The average molecular weight is 569 g/mol. The zero-order valence-electron chi connectivity index (χ0n) is 19.9. The summed E-state index contributed by atoms with van der Waals surface area (Å²) in [7, 11) is 0. The number of aromatic nitrogens is 3. The number of benzene rings is 2. The van der Waals surface area contributed by atoms with E-state index < -0.39 is 11.9 Å². The lowest BCUT2D eigenvalue weighted by Gasteiger charge is -2.20. The predicted octanol–water partition coefficient (Wildman–Crippen LogP) is 5.01. The van der Waals surface area contributed by atoms with Crippen molar-refractivity contribution >= 4 is 58.2 Å². The first-order valence-corrected chi connectivity index (χ1v) is 12.0. The summed E-state index contributed by atoms with van der Waals surface area (Å²) in [6, 6.07) is 13.6. The number of carbonyl (C=O) groups is 2. The van der Waals surface area contributed by atoms with Crippen LogP contribution in [-0.4, -0.2) is 50.2 Å². The van der Waals surface area contributed by atoms with Crippen molar-refractivity contribution < 1.29 is 19.9 Å². The number of hydrogen-bond donors (Lipinski definition) is 5. The van der Waals surface area contributed by atoms with Gasteiger partial charge in [0.15, 0.2) is 0 Å². The minimum absolute atomic E-state index is 0.000839. The number of carbonyl (C=O) groups excluding carboxylic acids is 1. The van der Waals surface area contributed by atoms with E-state index in [0.717, 1.165) is 0 Å². The summed E-state index contributed by atoms with van der Waals surface area (Å²) in [6.45, 7) is 0.764. The molecule has 0 unspecified atom stereocenters. The van der Waals surface area contributed by atoms with Crippen LogP contribution in [0.4, 0.5) is 23.1 Å². The first kappa shape index (κ1) is 27.5. The van der Waals surface area contributed by atoms with Crippen LogP contribution < -0.4 is 21.2 Å². The highest BCUT2D eigenvalue weighted by atomic mass is 35.5. The molecule has 200 valence electrons. The molecule has 0 saturated carbocycles. The molecule has 0 bridgehead atoms. The van der Waals surface area contributed by atoms with Crippen molar-refractivity contribution in [2.75, 3.05) is 34.3 Å². The van der Waals surface area contributed by atoms with Gasteiger partial charge in [0, 0.05) is 23.7 Å². The van der Waals surface area contributed by atoms with Gasteiger partial charge in [0.2, 0.25) is 5.95 Å². The number of amides is 1. The van der Waals surface area contributed by atoms with E-state index in [0.29, 0.717) is 29.5 Å². The summed E-state index contributed by atoms with van der Waals surface area (Å²) < 4.78 is 0. The molecule has 14 heteroatoms. The van der Waals surface area contributed by atoms with Crippen molar-refractivity contribution in [3.63, 3.8) is 0 Å². The third kappa shape index (κ3) is 6.89. The van der Waals surface area contributed by atoms with Gasteiger partial charge in [0.1, 0.15) is 11.5 Å². The van der Waals surface area contributed by atoms with Gasteiger partial charge in [-0.15, -0.1) is 0 Å². The molecule has 0 spiro atoms. The summed E-state index contributed by atoms with van der Waals surface area (Å²) in [5, 5.41) is 38.4. The highest BCUT2D eigenvalue weighted by Gasteiger charge is 2.20. The minimum Gasteiger partial charge on any atom is -0.733 e. The van der Waals surface area contributed by atoms with E-state index in [-0.39, 0.29) is 44.4 Å². The zero-order valence-corrected chi connectivity index (χ0v) is 21.4.